The van der Waals surface area contributed by atoms with Gasteiger partial charge in [-0.05, 0) is 61.4 Å². The van der Waals surface area contributed by atoms with E-state index in [2.05, 4.69) is 0 Å². The zero-order valence-electron chi connectivity index (χ0n) is 18.5. The summed E-state index contributed by atoms with van der Waals surface area (Å²) in [6, 6.07) is 26.5. The van der Waals surface area contributed by atoms with Gasteiger partial charge in [0.25, 0.3) is 0 Å². The van der Waals surface area contributed by atoms with Gasteiger partial charge in [-0.1, -0.05) is 48.6 Å². The van der Waals surface area contributed by atoms with Crippen LogP contribution >= 0.6 is 11.8 Å². The van der Waals surface area contributed by atoms with Crippen LogP contribution in [0.1, 0.15) is 12.8 Å². The Labute approximate surface area is 203 Å². The van der Waals surface area contributed by atoms with Gasteiger partial charge in [0, 0.05) is 16.3 Å². The Morgan fingerprint density at radius 2 is 1.26 bits per heavy atom. The van der Waals surface area contributed by atoms with Crippen LogP contribution in [0.3, 0.4) is 0 Å². The molecule has 1 aliphatic heterocycles. The van der Waals surface area contributed by atoms with E-state index in [1.807, 2.05) is 84.9 Å². The minimum absolute atomic E-state index is 0.0343. The number of carbonyl (C=O) groups excluding carboxylic acids is 3. The molecule has 1 heterocycles. The molecule has 0 aromatic heterocycles. The van der Waals surface area contributed by atoms with Gasteiger partial charge in [0.05, 0.1) is 23.3 Å². The van der Waals surface area contributed by atoms with Crippen LogP contribution < -0.4 is 9.80 Å². The molecular weight excluding hydrogens is 444 g/mol. The first-order valence-corrected chi connectivity index (χ1v) is 12.3. The fraction of sp³-hybridized carbons (Fsp3) is 0.179. The molecule has 5 nitrogen and oxygen atoms in total. The molecule has 2 aliphatic rings. The summed E-state index contributed by atoms with van der Waals surface area (Å²) in [5, 5.41) is 0. The van der Waals surface area contributed by atoms with E-state index < -0.39 is 0 Å². The zero-order valence-corrected chi connectivity index (χ0v) is 19.4. The quantitative estimate of drug-likeness (QED) is 0.268. The predicted molar refractivity (Wildman–Crippen MR) is 135 cm³/mol. The SMILES string of the molecule is O=C1C2CC=CCC2C(=O)N1c1ccc(SCC(=O)N(c2ccccc2)c2ccccc2)cc1. The van der Waals surface area contributed by atoms with E-state index in [0.29, 0.717) is 18.5 Å². The molecule has 0 radical (unpaired) electrons. The van der Waals surface area contributed by atoms with Gasteiger partial charge < -0.3 is 0 Å². The van der Waals surface area contributed by atoms with E-state index in [1.54, 1.807) is 17.0 Å². The topological polar surface area (TPSA) is 57.7 Å². The lowest BCUT2D eigenvalue weighted by molar-refractivity contribution is -0.122. The molecule has 34 heavy (non-hydrogen) atoms. The molecule has 3 aromatic carbocycles. The average molecular weight is 469 g/mol. The Hall–Kier alpha value is -3.64. The summed E-state index contributed by atoms with van der Waals surface area (Å²) in [6.07, 6.45) is 5.23. The monoisotopic (exact) mass is 468 g/mol. The zero-order chi connectivity index (χ0) is 23.5. The summed E-state index contributed by atoms with van der Waals surface area (Å²) in [4.78, 5) is 42.8. The number of amides is 3. The van der Waals surface area contributed by atoms with Crippen LogP contribution in [-0.4, -0.2) is 23.5 Å². The third kappa shape index (κ3) is 4.29. The lowest BCUT2D eigenvalue weighted by Crippen LogP contribution is -2.30. The molecule has 0 spiro atoms. The molecule has 3 amide bonds. The molecule has 170 valence electrons. The van der Waals surface area contributed by atoms with Crippen molar-refractivity contribution in [2.75, 3.05) is 15.6 Å². The molecule has 1 saturated heterocycles. The number of imide groups is 1. The van der Waals surface area contributed by atoms with Crippen molar-refractivity contribution in [2.24, 2.45) is 11.8 Å². The van der Waals surface area contributed by atoms with Gasteiger partial charge >= 0.3 is 0 Å². The number of anilines is 3. The number of benzene rings is 3. The highest BCUT2D eigenvalue weighted by molar-refractivity contribution is 8.00. The summed E-state index contributed by atoms with van der Waals surface area (Å²) in [5.41, 5.74) is 2.23. The second-order valence-corrected chi connectivity index (χ2v) is 9.40. The predicted octanol–water partition coefficient (Wildman–Crippen LogP) is 5.60. The molecule has 5 rings (SSSR count). The average Bonchev–Trinajstić information content (AvgIpc) is 3.14. The molecule has 2 unspecified atom stereocenters. The van der Waals surface area contributed by atoms with E-state index in [9.17, 15) is 14.4 Å². The number of allylic oxidation sites excluding steroid dienone is 2. The summed E-state index contributed by atoms with van der Waals surface area (Å²) in [5.74, 6) is -0.502. The van der Waals surface area contributed by atoms with Crippen molar-refractivity contribution in [1.29, 1.82) is 0 Å². The maximum Gasteiger partial charge on any atom is 0.241 e. The highest BCUT2D eigenvalue weighted by Crippen LogP contribution is 2.38. The van der Waals surface area contributed by atoms with Gasteiger partial charge in [0.1, 0.15) is 0 Å². The first-order chi connectivity index (χ1) is 16.6. The maximum atomic E-state index is 13.2. The smallest absolute Gasteiger partial charge is 0.241 e. The van der Waals surface area contributed by atoms with E-state index in [4.69, 9.17) is 0 Å². The van der Waals surface area contributed by atoms with Crippen LogP contribution in [0.25, 0.3) is 0 Å². The van der Waals surface area contributed by atoms with Crippen LogP contribution in [0.5, 0.6) is 0 Å². The molecular formula is C28H24N2O3S. The van der Waals surface area contributed by atoms with Crippen molar-refractivity contribution in [3.8, 4) is 0 Å². The lowest BCUT2D eigenvalue weighted by atomic mass is 9.85. The van der Waals surface area contributed by atoms with Crippen molar-refractivity contribution in [2.45, 2.75) is 17.7 Å². The summed E-state index contributed by atoms with van der Waals surface area (Å²) in [7, 11) is 0. The Kier molecular flexibility index (Phi) is 6.32. The van der Waals surface area contributed by atoms with Crippen LogP contribution in [0.4, 0.5) is 17.1 Å². The largest absolute Gasteiger partial charge is 0.280 e. The van der Waals surface area contributed by atoms with Gasteiger partial charge in [-0.3, -0.25) is 24.2 Å². The number of fused-ring (bicyclic) bond motifs is 1. The molecule has 0 bridgehead atoms. The Bertz CT molecular complexity index is 1160. The third-order valence-electron chi connectivity index (χ3n) is 6.24. The van der Waals surface area contributed by atoms with E-state index in [0.717, 1.165) is 16.3 Å². The van der Waals surface area contributed by atoms with Crippen molar-refractivity contribution in [1.82, 2.24) is 0 Å². The van der Waals surface area contributed by atoms with Crippen LogP contribution in [0.2, 0.25) is 0 Å². The highest BCUT2D eigenvalue weighted by Gasteiger charge is 2.47. The molecule has 6 heteroatoms. The number of nitrogens with zero attached hydrogens (tertiary/aromatic N) is 2. The van der Waals surface area contributed by atoms with E-state index in [-0.39, 0.29) is 35.3 Å². The lowest BCUT2D eigenvalue weighted by Gasteiger charge is -2.23. The maximum absolute atomic E-state index is 13.2. The van der Waals surface area contributed by atoms with Crippen molar-refractivity contribution in [3.05, 3.63) is 97.1 Å². The minimum atomic E-state index is -0.244. The number of hydrogen-bond donors (Lipinski definition) is 0. The van der Waals surface area contributed by atoms with Gasteiger partial charge in [0.2, 0.25) is 17.7 Å². The van der Waals surface area contributed by atoms with E-state index >= 15 is 0 Å². The van der Waals surface area contributed by atoms with Crippen LogP contribution in [0.15, 0.2) is 102 Å². The highest BCUT2D eigenvalue weighted by atomic mass is 32.2. The van der Waals surface area contributed by atoms with E-state index in [1.165, 1.54) is 16.7 Å². The van der Waals surface area contributed by atoms with Crippen molar-refractivity contribution >= 4 is 46.5 Å². The number of rotatable bonds is 6. The Morgan fingerprint density at radius 3 is 1.76 bits per heavy atom. The number of carbonyl (C=O) groups is 3. The van der Waals surface area contributed by atoms with Crippen LogP contribution in [-0.2, 0) is 14.4 Å². The first kappa shape index (κ1) is 22.2. The molecule has 3 aromatic rings. The van der Waals surface area contributed by atoms with Gasteiger partial charge in [-0.15, -0.1) is 11.8 Å². The normalized spacial score (nSPS) is 19.2. The first-order valence-electron chi connectivity index (χ1n) is 11.3. The molecule has 2 atom stereocenters. The molecule has 1 fully saturated rings. The molecule has 0 saturated carbocycles. The fourth-order valence-electron chi connectivity index (χ4n) is 4.55. The van der Waals surface area contributed by atoms with Crippen LogP contribution in [0, 0.1) is 11.8 Å². The van der Waals surface area contributed by atoms with Crippen molar-refractivity contribution < 1.29 is 14.4 Å². The Balaban J connectivity index is 1.28. The summed E-state index contributed by atoms with van der Waals surface area (Å²) in [6.45, 7) is 0. The fourth-order valence-corrected chi connectivity index (χ4v) is 5.29. The number of hydrogen-bond acceptors (Lipinski definition) is 4. The van der Waals surface area contributed by atoms with Crippen molar-refractivity contribution in [3.63, 3.8) is 0 Å². The summed E-state index contributed by atoms with van der Waals surface area (Å²) >= 11 is 1.43. The standard InChI is InChI=1S/C28H24N2O3S/c31-26(29(20-9-3-1-4-10-20)21-11-5-2-6-12-21)19-34-23-17-15-22(16-18-23)30-27(32)24-13-7-8-14-25(24)28(30)33/h1-12,15-18,24-25H,13-14,19H2. The second-order valence-electron chi connectivity index (χ2n) is 8.35. The van der Waals surface area contributed by atoms with Gasteiger partial charge in [-0.25, -0.2) is 0 Å². The Morgan fingerprint density at radius 1 is 0.765 bits per heavy atom. The molecule has 1 aliphatic carbocycles. The second kappa shape index (κ2) is 9.69. The number of thioether (sulfide) groups is 1. The van der Waals surface area contributed by atoms with Gasteiger partial charge in [-0.2, -0.15) is 0 Å². The molecule has 0 N–H and O–H groups in total. The van der Waals surface area contributed by atoms with Gasteiger partial charge in [0.15, 0.2) is 0 Å². The number of para-hydroxylation sites is 2. The summed E-state index contributed by atoms with van der Waals surface area (Å²) < 4.78 is 0. The third-order valence-corrected chi connectivity index (χ3v) is 7.24. The minimum Gasteiger partial charge on any atom is -0.280 e.